The minimum Gasteiger partial charge on any atom is -0.506 e. The van der Waals surface area contributed by atoms with Crippen molar-refractivity contribution in [3.8, 4) is 5.75 Å². The molecule has 0 aliphatic carbocycles. The zero-order valence-electron chi connectivity index (χ0n) is 12.5. The molecule has 1 atom stereocenters. The van der Waals surface area contributed by atoms with Gasteiger partial charge in [-0.2, -0.15) is 0 Å². The monoisotopic (exact) mass is 333 g/mol. The van der Waals surface area contributed by atoms with E-state index in [4.69, 9.17) is 31.4 Å². The van der Waals surface area contributed by atoms with Crippen molar-refractivity contribution in [3.05, 3.63) is 28.8 Å². The summed E-state index contributed by atoms with van der Waals surface area (Å²) in [6.07, 6.45) is -0.723. The van der Waals surface area contributed by atoms with E-state index in [2.05, 4.69) is 5.32 Å². The van der Waals surface area contributed by atoms with Gasteiger partial charge in [0.15, 0.2) is 0 Å². The molecule has 0 radical (unpaired) electrons. The summed E-state index contributed by atoms with van der Waals surface area (Å²) in [6.45, 7) is 6.45. The zero-order valence-corrected chi connectivity index (χ0v) is 13.3. The normalized spacial score (nSPS) is 12.0. The Morgan fingerprint density at radius 1 is 1.23 bits per heavy atom. The number of halogens is 1. The van der Waals surface area contributed by atoms with E-state index in [9.17, 15) is 10.2 Å². The number of phenols is 1. The van der Waals surface area contributed by atoms with Crippen LogP contribution in [-0.2, 0) is 9.59 Å². The first kappa shape index (κ1) is 20.2. The van der Waals surface area contributed by atoms with Gasteiger partial charge < -0.3 is 25.7 Å². The summed E-state index contributed by atoms with van der Waals surface area (Å²) in [5.41, 5.74) is 0.475. The lowest BCUT2D eigenvalue weighted by atomic mass is 10.1. The predicted octanol–water partition coefficient (Wildman–Crippen LogP) is 1.62. The molecule has 1 unspecified atom stereocenters. The molecule has 0 fully saturated rings. The lowest BCUT2D eigenvalue weighted by Gasteiger charge is -2.23. The van der Waals surface area contributed by atoms with Crippen molar-refractivity contribution in [1.82, 2.24) is 5.32 Å². The van der Waals surface area contributed by atoms with Gasteiger partial charge in [-0.3, -0.25) is 0 Å². The van der Waals surface area contributed by atoms with Crippen molar-refractivity contribution >= 4 is 23.5 Å². The molecule has 1 aromatic rings. The second kappa shape index (κ2) is 8.57. The van der Waals surface area contributed by atoms with E-state index in [0.29, 0.717) is 12.1 Å². The van der Waals surface area contributed by atoms with Crippen molar-refractivity contribution in [2.24, 2.45) is 0 Å². The molecule has 0 aliphatic rings. The lowest BCUT2D eigenvalue weighted by Crippen LogP contribution is -2.38. The van der Waals surface area contributed by atoms with E-state index in [1.54, 1.807) is 12.1 Å². The number of aliphatic carboxylic acids is 2. The van der Waals surface area contributed by atoms with Crippen LogP contribution in [-0.4, -0.2) is 44.4 Å². The Hall–Kier alpha value is -1.83. The number of carboxylic acid groups (broad SMARTS) is 2. The Kier molecular flexibility index (Phi) is 7.86. The van der Waals surface area contributed by atoms with Crippen LogP contribution < -0.4 is 5.32 Å². The maximum absolute atomic E-state index is 9.93. The number of phenolic OH excluding ortho intramolecular Hbond substituents is 1. The van der Waals surface area contributed by atoms with E-state index in [0.717, 1.165) is 0 Å². The first-order valence-corrected chi connectivity index (χ1v) is 6.70. The number of aliphatic hydroxyl groups excluding tert-OH is 1. The molecule has 0 bridgehead atoms. The summed E-state index contributed by atoms with van der Waals surface area (Å²) in [5, 5.41) is 37.5. The quantitative estimate of drug-likeness (QED) is 0.532. The largest absolute Gasteiger partial charge is 0.506 e. The van der Waals surface area contributed by atoms with Crippen molar-refractivity contribution in [3.63, 3.8) is 0 Å². The molecular weight excluding hydrogens is 314 g/mol. The SMILES string of the molecule is CC(C)(C)NCC(O)c1cccc(O)c1Cl.O=C(O)C(=O)O. The number of carbonyl (C=O) groups is 2. The molecule has 1 rings (SSSR count). The smallest absolute Gasteiger partial charge is 0.414 e. The highest BCUT2D eigenvalue weighted by Crippen LogP contribution is 2.30. The number of aliphatic hydroxyl groups is 1. The van der Waals surface area contributed by atoms with Crippen LogP contribution in [0.2, 0.25) is 5.02 Å². The van der Waals surface area contributed by atoms with E-state index >= 15 is 0 Å². The summed E-state index contributed by atoms with van der Waals surface area (Å²) in [5.74, 6) is -3.65. The van der Waals surface area contributed by atoms with Crippen LogP contribution in [0.3, 0.4) is 0 Å². The Labute approximate surface area is 133 Å². The van der Waals surface area contributed by atoms with E-state index in [1.807, 2.05) is 20.8 Å². The standard InChI is InChI=1S/C12H18ClNO2.C2H2O4/c1-12(2,3)14-7-10(16)8-5-4-6-9(15)11(8)13;3-1(4)2(5)6/h4-6,10,14-16H,7H2,1-3H3;(H,3,4)(H,5,6). The molecule has 7 nitrogen and oxygen atoms in total. The van der Waals surface area contributed by atoms with Crippen LogP contribution in [0.15, 0.2) is 18.2 Å². The first-order chi connectivity index (χ1) is 9.95. The van der Waals surface area contributed by atoms with Gasteiger partial charge >= 0.3 is 11.9 Å². The van der Waals surface area contributed by atoms with Gasteiger partial charge in [0.05, 0.1) is 11.1 Å². The maximum Gasteiger partial charge on any atom is 0.414 e. The third kappa shape index (κ3) is 7.82. The summed E-state index contributed by atoms with van der Waals surface area (Å²) in [7, 11) is 0. The molecule has 22 heavy (non-hydrogen) atoms. The second-order valence-corrected chi connectivity index (χ2v) is 5.82. The van der Waals surface area contributed by atoms with Gasteiger partial charge in [0, 0.05) is 17.6 Å². The fraction of sp³-hybridized carbons (Fsp3) is 0.429. The number of β-amino-alcohol motifs (C(OH)–C–C–N with tert-alkyl or cyclic N) is 1. The number of rotatable bonds is 3. The molecule has 1 aromatic carbocycles. The van der Waals surface area contributed by atoms with E-state index in [-0.39, 0.29) is 16.3 Å². The average molecular weight is 334 g/mol. The molecule has 0 aromatic heterocycles. The van der Waals surface area contributed by atoms with Crippen molar-refractivity contribution in [2.45, 2.75) is 32.4 Å². The highest BCUT2D eigenvalue weighted by Gasteiger charge is 2.16. The molecule has 5 N–H and O–H groups in total. The Morgan fingerprint density at radius 2 is 1.73 bits per heavy atom. The predicted molar refractivity (Wildman–Crippen MR) is 81.1 cm³/mol. The molecule has 124 valence electrons. The lowest BCUT2D eigenvalue weighted by molar-refractivity contribution is -0.159. The summed E-state index contributed by atoms with van der Waals surface area (Å²) in [4.78, 5) is 18.2. The van der Waals surface area contributed by atoms with Gasteiger partial charge in [-0.15, -0.1) is 0 Å². The summed E-state index contributed by atoms with van der Waals surface area (Å²) in [6, 6.07) is 4.86. The molecule has 0 saturated heterocycles. The molecule has 0 amide bonds. The van der Waals surface area contributed by atoms with Gasteiger partial charge in [0.25, 0.3) is 0 Å². The number of hydrogen-bond donors (Lipinski definition) is 5. The molecule has 0 heterocycles. The van der Waals surface area contributed by atoms with Crippen LogP contribution in [0.5, 0.6) is 5.75 Å². The minimum atomic E-state index is -1.82. The first-order valence-electron chi connectivity index (χ1n) is 6.32. The topological polar surface area (TPSA) is 127 Å². The minimum absolute atomic E-state index is 0.00558. The molecular formula is C14H20ClNO6. The fourth-order valence-electron chi connectivity index (χ4n) is 1.31. The van der Waals surface area contributed by atoms with Crippen LogP contribution in [0.1, 0.15) is 32.4 Å². The number of carboxylic acids is 2. The number of nitrogens with one attached hydrogen (secondary N) is 1. The molecule has 0 aliphatic heterocycles. The van der Waals surface area contributed by atoms with Crippen LogP contribution in [0.25, 0.3) is 0 Å². The Bertz CT molecular complexity index is 515. The van der Waals surface area contributed by atoms with Gasteiger partial charge in [0.2, 0.25) is 0 Å². The summed E-state index contributed by atoms with van der Waals surface area (Å²) >= 11 is 5.90. The Morgan fingerprint density at radius 3 is 2.14 bits per heavy atom. The highest BCUT2D eigenvalue weighted by molar-refractivity contribution is 6.32. The van der Waals surface area contributed by atoms with Gasteiger partial charge in [0.1, 0.15) is 5.75 Å². The van der Waals surface area contributed by atoms with Crippen molar-refractivity contribution in [2.75, 3.05) is 6.54 Å². The van der Waals surface area contributed by atoms with Crippen LogP contribution in [0, 0.1) is 0 Å². The molecule has 0 saturated carbocycles. The van der Waals surface area contributed by atoms with E-state index < -0.39 is 18.0 Å². The average Bonchev–Trinajstić information content (AvgIpc) is 2.39. The number of benzene rings is 1. The van der Waals surface area contributed by atoms with Gasteiger partial charge in [-0.1, -0.05) is 23.7 Å². The van der Waals surface area contributed by atoms with Gasteiger partial charge in [-0.05, 0) is 26.8 Å². The van der Waals surface area contributed by atoms with E-state index in [1.165, 1.54) is 6.07 Å². The molecule has 8 heteroatoms. The zero-order chi connectivity index (χ0) is 17.5. The molecule has 0 spiro atoms. The fourth-order valence-corrected chi connectivity index (χ4v) is 1.56. The Balaban J connectivity index is 0.000000626. The third-order valence-electron chi connectivity index (χ3n) is 2.38. The third-order valence-corrected chi connectivity index (χ3v) is 2.79. The number of hydrogen-bond acceptors (Lipinski definition) is 5. The highest BCUT2D eigenvalue weighted by atomic mass is 35.5. The second-order valence-electron chi connectivity index (χ2n) is 5.44. The van der Waals surface area contributed by atoms with Crippen molar-refractivity contribution in [1.29, 1.82) is 0 Å². The van der Waals surface area contributed by atoms with Gasteiger partial charge in [-0.25, -0.2) is 9.59 Å². The van der Waals surface area contributed by atoms with Crippen LogP contribution in [0.4, 0.5) is 0 Å². The maximum atomic E-state index is 9.93. The number of aromatic hydroxyl groups is 1. The van der Waals surface area contributed by atoms with Crippen molar-refractivity contribution < 1.29 is 30.0 Å². The van der Waals surface area contributed by atoms with Crippen LogP contribution >= 0.6 is 11.6 Å². The summed E-state index contributed by atoms with van der Waals surface area (Å²) < 4.78 is 0.